The molecule has 154 valence electrons. The van der Waals surface area contributed by atoms with Crippen LogP contribution in [0.5, 0.6) is 0 Å². The minimum absolute atomic E-state index is 0.615. The summed E-state index contributed by atoms with van der Waals surface area (Å²) in [5.41, 5.74) is 1.53. The first-order valence-electron chi connectivity index (χ1n) is 10.8. The van der Waals surface area contributed by atoms with Gasteiger partial charge in [-0.1, -0.05) is 47.0 Å². The van der Waals surface area contributed by atoms with Crippen molar-refractivity contribution < 1.29 is 0 Å². The molecule has 27 heavy (non-hydrogen) atoms. The van der Waals surface area contributed by atoms with Crippen molar-refractivity contribution in [2.45, 2.75) is 85.1 Å². The molecule has 0 unspecified atom stereocenters. The predicted octanol–water partition coefficient (Wildman–Crippen LogP) is 6.15. The van der Waals surface area contributed by atoms with Gasteiger partial charge >= 0.3 is 0 Å². The fourth-order valence-corrected chi connectivity index (χ4v) is 4.71. The van der Waals surface area contributed by atoms with Crippen LogP contribution in [0.1, 0.15) is 76.7 Å². The van der Waals surface area contributed by atoms with Gasteiger partial charge in [0.1, 0.15) is 17.0 Å². The Morgan fingerprint density at radius 1 is 0.926 bits per heavy atom. The molecule has 0 aliphatic heterocycles. The lowest BCUT2D eigenvalue weighted by molar-refractivity contribution is 0.462. The molecule has 2 aliphatic carbocycles. The van der Waals surface area contributed by atoms with Crippen LogP contribution in [0.25, 0.3) is 10.2 Å². The number of hydrogen-bond donors (Lipinski definition) is 1. The number of fused-ring (bicyclic) bond motifs is 3. The van der Waals surface area contributed by atoms with Crippen molar-refractivity contribution in [3.05, 3.63) is 16.8 Å². The number of hydrogen-bond acceptors (Lipinski definition) is 5. The highest BCUT2D eigenvalue weighted by Gasteiger charge is 2.22. The molecule has 2 heterocycles. The molecule has 5 heteroatoms. The van der Waals surface area contributed by atoms with Gasteiger partial charge in [-0.15, -0.1) is 11.3 Å². The van der Waals surface area contributed by atoms with Gasteiger partial charge in [0, 0.05) is 10.9 Å². The first-order chi connectivity index (χ1) is 13.1. The van der Waals surface area contributed by atoms with Gasteiger partial charge in [0.05, 0.1) is 5.39 Å². The van der Waals surface area contributed by atoms with Crippen LogP contribution in [-0.2, 0) is 12.8 Å². The molecule has 0 bridgehead atoms. The molecule has 2 aromatic heterocycles. The van der Waals surface area contributed by atoms with Gasteiger partial charge < -0.3 is 10.2 Å². The molecule has 1 N–H and O–H groups in total. The third kappa shape index (κ3) is 7.04. The molecule has 2 aromatic rings. The zero-order valence-electron chi connectivity index (χ0n) is 18.6. The van der Waals surface area contributed by atoms with E-state index in [4.69, 9.17) is 0 Å². The lowest BCUT2D eigenvalue weighted by Gasteiger charge is -2.23. The van der Waals surface area contributed by atoms with E-state index in [9.17, 15) is 0 Å². The second kappa shape index (κ2) is 13.1. The molecule has 0 radical (unpaired) electrons. The molecule has 4 nitrogen and oxygen atoms in total. The molecule has 0 amide bonds. The van der Waals surface area contributed by atoms with Gasteiger partial charge in [-0.2, -0.15) is 0 Å². The van der Waals surface area contributed by atoms with E-state index in [2.05, 4.69) is 15.3 Å². The molecular formula is C22H40N4S. The molecular weight excluding hydrogens is 352 g/mol. The molecule has 0 spiro atoms. The first-order valence-corrected chi connectivity index (χ1v) is 11.6. The van der Waals surface area contributed by atoms with Crippen molar-refractivity contribution >= 4 is 27.4 Å². The Hall–Kier alpha value is -1.20. The largest absolute Gasteiger partial charge is 0.367 e. The van der Waals surface area contributed by atoms with Crippen molar-refractivity contribution in [3.8, 4) is 0 Å². The summed E-state index contributed by atoms with van der Waals surface area (Å²) in [5, 5.41) is 5.02. The fourth-order valence-electron chi connectivity index (χ4n) is 3.48. The van der Waals surface area contributed by atoms with E-state index in [1.54, 1.807) is 11.2 Å². The smallest absolute Gasteiger partial charge is 0.138 e. The zero-order chi connectivity index (χ0) is 20.2. The van der Waals surface area contributed by atoms with Crippen molar-refractivity contribution in [2.75, 3.05) is 26.5 Å². The standard InChI is InChI=1S/C15H19N3S.C3H9N.2C2H6/c1-2-5-10(6-3-1)18-14-13-11-7-4-8-12(11)19-15(13)17-9-16-14;1-4(2)3;2*1-2/h9-10H,1-8H2,(H,16,17,18);1-3H3;2*1-2H3. The Kier molecular flexibility index (Phi) is 11.5. The molecule has 1 fully saturated rings. The summed E-state index contributed by atoms with van der Waals surface area (Å²) in [6.07, 6.45) is 12.2. The Labute approximate surface area is 170 Å². The molecule has 1 saturated carbocycles. The van der Waals surface area contributed by atoms with Gasteiger partial charge in [-0.05, 0) is 58.8 Å². The van der Waals surface area contributed by atoms with E-state index in [1.165, 1.54) is 67.1 Å². The van der Waals surface area contributed by atoms with E-state index in [1.807, 2.05) is 65.1 Å². The maximum Gasteiger partial charge on any atom is 0.138 e. The topological polar surface area (TPSA) is 41.1 Å². The lowest BCUT2D eigenvalue weighted by Crippen LogP contribution is -2.23. The van der Waals surface area contributed by atoms with Crippen LogP contribution in [-0.4, -0.2) is 42.1 Å². The quantitative estimate of drug-likeness (QED) is 0.665. The number of aromatic nitrogens is 2. The van der Waals surface area contributed by atoms with E-state index < -0.39 is 0 Å². The minimum atomic E-state index is 0.615. The van der Waals surface area contributed by atoms with Crippen LogP contribution in [0.2, 0.25) is 0 Å². The van der Waals surface area contributed by atoms with Crippen molar-refractivity contribution in [3.63, 3.8) is 0 Å². The number of nitrogens with one attached hydrogen (secondary N) is 1. The van der Waals surface area contributed by atoms with Crippen LogP contribution < -0.4 is 5.32 Å². The highest BCUT2D eigenvalue weighted by atomic mass is 32.1. The average Bonchev–Trinajstić information content (AvgIpc) is 3.27. The summed E-state index contributed by atoms with van der Waals surface area (Å²) in [4.78, 5) is 13.7. The van der Waals surface area contributed by atoms with E-state index >= 15 is 0 Å². The summed E-state index contributed by atoms with van der Waals surface area (Å²) in [5.74, 6) is 1.09. The normalized spacial score (nSPS) is 15.7. The summed E-state index contributed by atoms with van der Waals surface area (Å²) in [6.45, 7) is 8.00. The predicted molar refractivity (Wildman–Crippen MR) is 122 cm³/mol. The monoisotopic (exact) mass is 392 g/mol. The Morgan fingerprint density at radius 2 is 1.56 bits per heavy atom. The molecule has 2 aliphatic rings. The number of nitrogens with zero attached hydrogens (tertiary/aromatic N) is 3. The van der Waals surface area contributed by atoms with E-state index in [0.29, 0.717) is 6.04 Å². The maximum absolute atomic E-state index is 4.54. The Bertz CT molecular complexity index is 642. The fraction of sp³-hybridized carbons (Fsp3) is 0.727. The van der Waals surface area contributed by atoms with Crippen molar-refractivity contribution in [1.29, 1.82) is 0 Å². The third-order valence-electron chi connectivity index (χ3n) is 4.45. The minimum Gasteiger partial charge on any atom is -0.367 e. The van der Waals surface area contributed by atoms with E-state index in [0.717, 1.165) is 5.82 Å². The summed E-state index contributed by atoms with van der Waals surface area (Å²) in [6, 6.07) is 0.615. The van der Waals surface area contributed by atoms with Crippen LogP contribution in [0.15, 0.2) is 6.33 Å². The SMILES string of the molecule is CC.CC.CN(C)C.c1nc(NC2CCCCC2)c2c3c(sc2n1)CCC3. The van der Waals surface area contributed by atoms with Gasteiger partial charge in [0.15, 0.2) is 0 Å². The zero-order valence-corrected chi connectivity index (χ0v) is 19.4. The summed E-state index contributed by atoms with van der Waals surface area (Å²) in [7, 11) is 6.00. The number of aryl methyl sites for hydroxylation is 2. The first kappa shape index (κ1) is 23.8. The van der Waals surface area contributed by atoms with Crippen LogP contribution in [0, 0.1) is 0 Å². The highest BCUT2D eigenvalue weighted by molar-refractivity contribution is 7.19. The lowest BCUT2D eigenvalue weighted by atomic mass is 9.95. The number of thiophene rings is 1. The highest BCUT2D eigenvalue weighted by Crippen LogP contribution is 2.39. The Balaban J connectivity index is 0.000000400. The molecule has 0 saturated heterocycles. The number of anilines is 1. The molecule has 4 rings (SSSR count). The second-order valence-corrected chi connectivity index (χ2v) is 8.16. The van der Waals surface area contributed by atoms with E-state index in [-0.39, 0.29) is 0 Å². The van der Waals surface area contributed by atoms with Gasteiger partial charge in [0.2, 0.25) is 0 Å². The van der Waals surface area contributed by atoms with Crippen LogP contribution in [0.4, 0.5) is 5.82 Å². The maximum atomic E-state index is 4.54. The third-order valence-corrected chi connectivity index (χ3v) is 5.65. The van der Waals surface area contributed by atoms with Gasteiger partial charge in [-0.3, -0.25) is 0 Å². The number of rotatable bonds is 2. The van der Waals surface area contributed by atoms with Crippen molar-refractivity contribution in [2.24, 2.45) is 0 Å². The van der Waals surface area contributed by atoms with Crippen molar-refractivity contribution in [1.82, 2.24) is 14.9 Å². The molecule has 0 aromatic carbocycles. The summed E-state index contributed by atoms with van der Waals surface area (Å²) >= 11 is 1.87. The van der Waals surface area contributed by atoms with Gasteiger partial charge in [-0.25, -0.2) is 9.97 Å². The van der Waals surface area contributed by atoms with Gasteiger partial charge in [0.25, 0.3) is 0 Å². The second-order valence-electron chi connectivity index (χ2n) is 7.08. The van der Waals surface area contributed by atoms with Crippen LogP contribution >= 0.6 is 11.3 Å². The van der Waals surface area contributed by atoms with Crippen LogP contribution in [0.3, 0.4) is 0 Å². The molecule has 0 atom stereocenters. The Morgan fingerprint density at radius 3 is 2.19 bits per heavy atom. The summed E-state index contributed by atoms with van der Waals surface area (Å²) < 4.78 is 0. The average molecular weight is 393 g/mol.